The molecule has 15 heavy (non-hydrogen) atoms. The highest BCUT2D eigenvalue weighted by Crippen LogP contribution is 2.21. The first-order chi connectivity index (χ1) is 7.29. The second-order valence-electron chi connectivity index (χ2n) is 3.35. The molecular weight excluding hydrogens is 208 g/mol. The summed E-state index contributed by atoms with van der Waals surface area (Å²) >= 11 is 5.57. The van der Waals surface area contributed by atoms with Crippen molar-refractivity contribution in [1.29, 1.82) is 0 Å². The lowest BCUT2D eigenvalue weighted by molar-refractivity contribution is 0.476. The number of hydrogen-bond donors (Lipinski definition) is 1. The van der Waals surface area contributed by atoms with E-state index in [0.29, 0.717) is 11.6 Å². The first kappa shape index (κ1) is 10.1. The number of benzene rings is 2. The van der Waals surface area contributed by atoms with Crippen LogP contribution in [-0.2, 0) is 0 Å². The molecule has 0 spiro atoms. The first-order valence-electron chi connectivity index (χ1n) is 4.75. The highest BCUT2D eigenvalue weighted by atomic mass is 35.5. The highest BCUT2D eigenvalue weighted by Gasteiger charge is 1.95. The van der Waals surface area contributed by atoms with E-state index in [9.17, 15) is 5.11 Å². The predicted octanol–water partition coefficient (Wildman–Crippen LogP) is 3.80. The molecule has 0 radical (unpaired) electrons. The Morgan fingerprint density at radius 2 is 1.80 bits per heavy atom. The molecule has 1 nitrogen and oxygen atoms in total. The molecule has 0 fully saturated rings. The van der Waals surface area contributed by atoms with E-state index in [-0.39, 0.29) is 0 Å². The number of alkyl halides is 1. The molecule has 2 aromatic carbocycles. The Kier molecular flexibility index (Phi) is 2.93. The predicted molar refractivity (Wildman–Crippen MR) is 65.4 cm³/mol. The summed E-state index contributed by atoms with van der Waals surface area (Å²) in [6.07, 6.45) is 3.89. The number of phenols is 1. The third-order valence-corrected chi connectivity index (χ3v) is 2.43. The third-order valence-electron chi connectivity index (χ3n) is 2.25. The van der Waals surface area contributed by atoms with Crippen molar-refractivity contribution in [3.63, 3.8) is 0 Å². The van der Waals surface area contributed by atoms with E-state index in [1.807, 2.05) is 30.4 Å². The van der Waals surface area contributed by atoms with Gasteiger partial charge in [-0.3, -0.25) is 0 Å². The molecule has 2 rings (SSSR count). The summed E-state index contributed by atoms with van der Waals surface area (Å²) in [6.45, 7) is 0. The number of phenolic OH excluding ortho intramolecular Hbond substituents is 1. The summed E-state index contributed by atoms with van der Waals surface area (Å²) in [5, 5.41) is 11.5. The van der Waals surface area contributed by atoms with Gasteiger partial charge in [-0.05, 0) is 34.5 Å². The van der Waals surface area contributed by atoms with Gasteiger partial charge in [0.15, 0.2) is 0 Å². The van der Waals surface area contributed by atoms with Crippen LogP contribution in [0.3, 0.4) is 0 Å². The van der Waals surface area contributed by atoms with Crippen LogP contribution in [0.15, 0.2) is 42.5 Å². The average Bonchev–Trinajstić information content (AvgIpc) is 2.26. The monoisotopic (exact) mass is 218 g/mol. The van der Waals surface area contributed by atoms with Gasteiger partial charge < -0.3 is 5.11 Å². The smallest absolute Gasteiger partial charge is 0.116 e. The summed E-state index contributed by atoms with van der Waals surface area (Å²) < 4.78 is 0. The summed E-state index contributed by atoms with van der Waals surface area (Å²) in [7, 11) is 0. The first-order valence-corrected chi connectivity index (χ1v) is 5.28. The lowest BCUT2D eigenvalue weighted by atomic mass is 10.1. The van der Waals surface area contributed by atoms with Crippen molar-refractivity contribution in [2.24, 2.45) is 0 Å². The van der Waals surface area contributed by atoms with Gasteiger partial charge in [-0.15, -0.1) is 11.6 Å². The zero-order chi connectivity index (χ0) is 10.7. The molecule has 2 aromatic rings. The molecule has 0 amide bonds. The maximum atomic E-state index is 9.31. The fraction of sp³-hybridized carbons (Fsp3) is 0.0769. The molecule has 0 heterocycles. The number of rotatable bonds is 2. The van der Waals surface area contributed by atoms with Crippen LogP contribution < -0.4 is 0 Å². The van der Waals surface area contributed by atoms with E-state index >= 15 is 0 Å². The van der Waals surface area contributed by atoms with Gasteiger partial charge in [0.1, 0.15) is 5.75 Å². The fourth-order valence-electron chi connectivity index (χ4n) is 1.54. The van der Waals surface area contributed by atoms with Crippen LogP contribution in [0.5, 0.6) is 5.75 Å². The molecule has 0 aliphatic rings. The molecule has 1 N–H and O–H groups in total. The van der Waals surface area contributed by atoms with E-state index in [1.54, 1.807) is 12.1 Å². The fourth-order valence-corrected chi connectivity index (χ4v) is 1.62. The zero-order valence-electron chi connectivity index (χ0n) is 8.15. The van der Waals surface area contributed by atoms with Crippen LogP contribution in [0.1, 0.15) is 5.56 Å². The molecule has 0 unspecified atom stereocenters. The van der Waals surface area contributed by atoms with Crippen LogP contribution >= 0.6 is 11.6 Å². The molecular formula is C13H11ClO. The van der Waals surface area contributed by atoms with Gasteiger partial charge in [0.25, 0.3) is 0 Å². The Labute approximate surface area is 93.6 Å². The maximum absolute atomic E-state index is 9.31. The van der Waals surface area contributed by atoms with Gasteiger partial charge in [-0.2, -0.15) is 0 Å². The van der Waals surface area contributed by atoms with Crippen molar-refractivity contribution < 1.29 is 5.11 Å². The molecule has 0 bridgehead atoms. The molecule has 0 aromatic heterocycles. The second-order valence-corrected chi connectivity index (χ2v) is 3.66. The van der Waals surface area contributed by atoms with E-state index in [2.05, 4.69) is 6.07 Å². The van der Waals surface area contributed by atoms with Crippen LogP contribution in [0.4, 0.5) is 0 Å². The van der Waals surface area contributed by atoms with Crippen molar-refractivity contribution in [3.05, 3.63) is 48.0 Å². The quantitative estimate of drug-likeness (QED) is 0.761. The van der Waals surface area contributed by atoms with Gasteiger partial charge in [-0.25, -0.2) is 0 Å². The van der Waals surface area contributed by atoms with Crippen molar-refractivity contribution in [1.82, 2.24) is 0 Å². The Bertz CT molecular complexity index is 503. The molecule has 2 heteroatoms. The van der Waals surface area contributed by atoms with Crippen LogP contribution in [0.25, 0.3) is 16.8 Å². The van der Waals surface area contributed by atoms with Crippen molar-refractivity contribution in [3.8, 4) is 5.75 Å². The standard InChI is InChI=1S/C13H11ClO/c14-7-1-2-10-3-4-12-9-13(15)6-5-11(12)8-10/h1-6,8-9,15H,7H2. The lowest BCUT2D eigenvalue weighted by Gasteiger charge is -2.00. The lowest BCUT2D eigenvalue weighted by Crippen LogP contribution is -1.76. The van der Waals surface area contributed by atoms with Gasteiger partial charge in [0.05, 0.1) is 0 Å². The summed E-state index contributed by atoms with van der Waals surface area (Å²) in [5.41, 5.74) is 1.12. The Balaban J connectivity index is 2.47. The van der Waals surface area contributed by atoms with Gasteiger partial charge >= 0.3 is 0 Å². The summed E-state index contributed by atoms with van der Waals surface area (Å²) in [5.74, 6) is 0.819. The third kappa shape index (κ3) is 2.31. The van der Waals surface area contributed by atoms with Crippen LogP contribution in [-0.4, -0.2) is 11.0 Å². The zero-order valence-corrected chi connectivity index (χ0v) is 8.91. The minimum atomic E-state index is 0.298. The molecule has 0 saturated carbocycles. The minimum Gasteiger partial charge on any atom is -0.508 e. The number of fused-ring (bicyclic) bond motifs is 1. The Morgan fingerprint density at radius 3 is 2.60 bits per heavy atom. The molecule has 0 aliphatic heterocycles. The maximum Gasteiger partial charge on any atom is 0.116 e. The highest BCUT2D eigenvalue weighted by molar-refractivity contribution is 6.19. The SMILES string of the molecule is Oc1ccc2cc(C=CCCl)ccc2c1. The molecule has 76 valence electrons. The normalized spacial score (nSPS) is 11.3. The van der Waals surface area contributed by atoms with E-state index < -0.39 is 0 Å². The Hall–Kier alpha value is -1.47. The van der Waals surface area contributed by atoms with E-state index in [0.717, 1.165) is 16.3 Å². The van der Waals surface area contributed by atoms with Crippen molar-refractivity contribution >= 4 is 28.4 Å². The van der Waals surface area contributed by atoms with Gasteiger partial charge in [-0.1, -0.05) is 30.4 Å². The van der Waals surface area contributed by atoms with Gasteiger partial charge in [0.2, 0.25) is 0 Å². The molecule has 0 atom stereocenters. The summed E-state index contributed by atoms with van der Waals surface area (Å²) in [6, 6.07) is 11.4. The molecule has 0 aliphatic carbocycles. The topological polar surface area (TPSA) is 20.2 Å². The van der Waals surface area contributed by atoms with Crippen molar-refractivity contribution in [2.45, 2.75) is 0 Å². The number of allylic oxidation sites excluding steroid dienone is 1. The average molecular weight is 219 g/mol. The van der Waals surface area contributed by atoms with E-state index in [4.69, 9.17) is 11.6 Å². The van der Waals surface area contributed by atoms with Crippen LogP contribution in [0, 0.1) is 0 Å². The second kappa shape index (κ2) is 4.37. The Morgan fingerprint density at radius 1 is 1.07 bits per heavy atom. The largest absolute Gasteiger partial charge is 0.508 e. The number of aromatic hydroxyl groups is 1. The summed E-state index contributed by atoms with van der Waals surface area (Å²) in [4.78, 5) is 0. The van der Waals surface area contributed by atoms with Gasteiger partial charge in [0, 0.05) is 5.88 Å². The number of halogens is 1. The minimum absolute atomic E-state index is 0.298. The van der Waals surface area contributed by atoms with Crippen LogP contribution in [0.2, 0.25) is 0 Å². The van der Waals surface area contributed by atoms with E-state index in [1.165, 1.54) is 0 Å². The van der Waals surface area contributed by atoms with Crippen molar-refractivity contribution in [2.75, 3.05) is 5.88 Å². The number of hydrogen-bond acceptors (Lipinski definition) is 1. The molecule has 0 saturated heterocycles.